The van der Waals surface area contributed by atoms with Gasteiger partial charge in [0.15, 0.2) is 11.5 Å². The molecule has 148 valence electrons. The maximum atomic E-state index is 12.5. The lowest BCUT2D eigenvalue weighted by molar-refractivity contribution is -0.116. The minimum atomic E-state index is -1.07. The Morgan fingerprint density at radius 3 is 2.59 bits per heavy atom. The van der Waals surface area contributed by atoms with Crippen LogP contribution < -0.4 is 10.1 Å². The van der Waals surface area contributed by atoms with E-state index in [2.05, 4.69) is 5.32 Å². The fourth-order valence-electron chi connectivity index (χ4n) is 3.52. The zero-order chi connectivity index (χ0) is 20.7. The first-order valence-electron chi connectivity index (χ1n) is 8.71. The second-order valence-electron chi connectivity index (χ2n) is 6.59. The minimum absolute atomic E-state index is 0.0366. The van der Waals surface area contributed by atoms with E-state index in [1.807, 2.05) is 0 Å². The summed E-state index contributed by atoms with van der Waals surface area (Å²) in [7, 11) is 1.46. The number of aromatic carboxylic acids is 1. The smallest absolute Gasteiger partial charge is 0.346 e. The van der Waals surface area contributed by atoms with Gasteiger partial charge in [0.05, 0.1) is 12.8 Å². The van der Waals surface area contributed by atoms with Crippen molar-refractivity contribution in [3.63, 3.8) is 0 Å². The SMILES string of the molecule is COc1ccc([C@H]2CC(=O)Nc3c2sc(C(=O)O)c3-c2ccc(Cl)cc2)cc1O. The van der Waals surface area contributed by atoms with Crippen LogP contribution >= 0.6 is 22.9 Å². The second-order valence-corrected chi connectivity index (χ2v) is 8.08. The summed E-state index contributed by atoms with van der Waals surface area (Å²) in [6.07, 6.45) is 0.151. The van der Waals surface area contributed by atoms with Crippen molar-refractivity contribution in [1.29, 1.82) is 0 Å². The van der Waals surface area contributed by atoms with E-state index in [1.165, 1.54) is 7.11 Å². The van der Waals surface area contributed by atoms with Crippen molar-refractivity contribution in [3.05, 3.63) is 62.8 Å². The quantitative estimate of drug-likeness (QED) is 0.545. The Morgan fingerprint density at radius 1 is 1.24 bits per heavy atom. The fraction of sp³-hybridized carbons (Fsp3) is 0.143. The topological polar surface area (TPSA) is 95.9 Å². The molecule has 29 heavy (non-hydrogen) atoms. The summed E-state index contributed by atoms with van der Waals surface area (Å²) < 4.78 is 5.08. The van der Waals surface area contributed by atoms with Crippen LogP contribution in [0.25, 0.3) is 11.1 Å². The van der Waals surface area contributed by atoms with Crippen LogP contribution in [-0.2, 0) is 4.79 Å². The van der Waals surface area contributed by atoms with E-state index in [0.717, 1.165) is 16.2 Å². The molecule has 0 unspecified atom stereocenters. The number of carbonyl (C=O) groups excluding carboxylic acids is 1. The Labute approximate surface area is 175 Å². The number of thiophene rings is 1. The maximum absolute atomic E-state index is 12.5. The van der Waals surface area contributed by atoms with E-state index in [-0.39, 0.29) is 28.9 Å². The van der Waals surface area contributed by atoms with Crippen LogP contribution in [0.1, 0.15) is 32.5 Å². The fourth-order valence-corrected chi connectivity index (χ4v) is 4.89. The summed E-state index contributed by atoms with van der Waals surface area (Å²) in [5.74, 6) is -1.37. The number of hydrogen-bond donors (Lipinski definition) is 3. The van der Waals surface area contributed by atoms with Gasteiger partial charge in [-0.25, -0.2) is 4.79 Å². The Hall–Kier alpha value is -3.03. The molecule has 0 saturated heterocycles. The Morgan fingerprint density at radius 2 is 1.97 bits per heavy atom. The van der Waals surface area contributed by atoms with Crippen LogP contribution in [0.3, 0.4) is 0 Å². The first kappa shape index (κ1) is 19.3. The van der Waals surface area contributed by atoms with Crippen molar-refractivity contribution in [1.82, 2.24) is 0 Å². The monoisotopic (exact) mass is 429 g/mol. The zero-order valence-electron chi connectivity index (χ0n) is 15.2. The van der Waals surface area contributed by atoms with Gasteiger partial charge in [0, 0.05) is 27.8 Å². The van der Waals surface area contributed by atoms with Gasteiger partial charge in [0.25, 0.3) is 0 Å². The van der Waals surface area contributed by atoms with Gasteiger partial charge in [0.1, 0.15) is 4.88 Å². The Bertz CT molecular complexity index is 1120. The third-order valence-electron chi connectivity index (χ3n) is 4.84. The number of anilines is 1. The summed E-state index contributed by atoms with van der Waals surface area (Å²) in [6, 6.07) is 11.8. The number of methoxy groups -OCH3 is 1. The predicted molar refractivity (Wildman–Crippen MR) is 111 cm³/mol. The van der Waals surface area contributed by atoms with Crippen molar-refractivity contribution in [3.8, 4) is 22.6 Å². The number of hydrogen-bond acceptors (Lipinski definition) is 5. The molecule has 0 bridgehead atoms. The molecule has 0 aliphatic carbocycles. The van der Waals surface area contributed by atoms with Gasteiger partial charge in [-0.3, -0.25) is 4.79 Å². The average molecular weight is 430 g/mol. The Balaban J connectivity index is 1.90. The molecular weight excluding hydrogens is 414 g/mol. The van der Waals surface area contributed by atoms with Crippen molar-refractivity contribution >= 4 is 40.5 Å². The van der Waals surface area contributed by atoms with Gasteiger partial charge < -0.3 is 20.3 Å². The van der Waals surface area contributed by atoms with Crippen molar-refractivity contribution < 1.29 is 24.5 Å². The highest BCUT2D eigenvalue weighted by molar-refractivity contribution is 7.15. The number of carboxylic acid groups (broad SMARTS) is 1. The van der Waals surface area contributed by atoms with Gasteiger partial charge in [-0.1, -0.05) is 29.8 Å². The van der Waals surface area contributed by atoms with Gasteiger partial charge in [-0.05, 0) is 35.4 Å². The Kier molecular flexibility index (Phi) is 4.94. The van der Waals surface area contributed by atoms with Gasteiger partial charge >= 0.3 is 5.97 Å². The lowest BCUT2D eigenvalue weighted by Gasteiger charge is -2.24. The number of benzene rings is 2. The maximum Gasteiger partial charge on any atom is 0.346 e. The lowest BCUT2D eigenvalue weighted by atomic mass is 9.88. The number of fused-ring (bicyclic) bond motifs is 1. The standard InChI is InChI=1S/C21H16ClNO5S/c1-28-15-7-4-11(8-14(15)24)13-9-16(25)23-18-17(10-2-5-12(22)6-3-10)20(21(26)27)29-19(13)18/h2-8,13,24H,9H2,1H3,(H,23,25)(H,26,27)/t13-/m1/s1. The largest absolute Gasteiger partial charge is 0.504 e. The molecule has 3 N–H and O–H groups in total. The molecule has 8 heteroatoms. The molecule has 0 spiro atoms. The molecular formula is C21H16ClNO5S. The normalized spacial score (nSPS) is 15.5. The van der Waals surface area contributed by atoms with Gasteiger partial charge in [-0.2, -0.15) is 0 Å². The molecule has 1 amide bonds. The van der Waals surface area contributed by atoms with Gasteiger partial charge in [0.2, 0.25) is 5.91 Å². The number of amides is 1. The summed E-state index contributed by atoms with van der Waals surface area (Å²) >= 11 is 7.10. The molecule has 1 aliphatic heterocycles. The van der Waals surface area contributed by atoms with Crippen molar-refractivity contribution in [2.45, 2.75) is 12.3 Å². The highest BCUT2D eigenvalue weighted by Crippen LogP contribution is 2.50. The van der Waals surface area contributed by atoms with Crippen LogP contribution in [0, 0.1) is 0 Å². The van der Waals surface area contributed by atoms with E-state index < -0.39 is 5.97 Å². The number of ether oxygens (including phenoxy) is 1. The average Bonchev–Trinajstić information content (AvgIpc) is 3.07. The number of nitrogens with one attached hydrogen (secondary N) is 1. The summed E-state index contributed by atoms with van der Waals surface area (Å²) in [5.41, 5.74) is 2.32. The summed E-state index contributed by atoms with van der Waals surface area (Å²) in [6.45, 7) is 0. The highest BCUT2D eigenvalue weighted by Gasteiger charge is 2.34. The minimum Gasteiger partial charge on any atom is -0.504 e. The van der Waals surface area contributed by atoms with Crippen LogP contribution in [0.5, 0.6) is 11.5 Å². The molecule has 3 aromatic rings. The number of phenolic OH excluding ortho intramolecular Hbond substituents is 1. The van der Waals surface area contributed by atoms with Crippen molar-refractivity contribution in [2.24, 2.45) is 0 Å². The van der Waals surface area contributed by atoms with E-state index in [9.17, 15) is 19.8 Å². The first-order chi connectivity index (χ1) is 13.9. The third-order valence-corrected chi connectivity index (χ3v) is 6.38. The number of phenols is 1. The first-order valence-corrected chi connectivity index (χ1v) is 9.91. The zero-order valence-corrected chi connectivity index (χ0v) is 16.8. The van der Waals surface area contributed by atoms with E-state index in [1.54, 1.807) is 42.5 Å². The number of carboxylic acids is 1. The van der Waals surface area contributed by atoms with E-state index in [4.69, 9.17) is 16.3 Å². The second kappa shape index (κ2) is 7.42. The van der Waals surface area contributed by atoms with E-state index >= 15 is 0 Å². The number of rotatable bonds is 4. The number of carbonyl (C=O) groups is 2. The summed E-state index contributed by atoms with van der Waals surface area (Å²) in [4.78, 5) is 25.3. The molecule has 0 radical (unpaired) electrons. The van der Waals surface area contributed by atoms with Crippen LogP contribution in [0.15, 0.2) is 42.5 Å². The molecule has 6 nitrogen and oxygen atoms in total. The van der Waals surface area contributed by atoms with Crippen LogP contribution in [-0.4, -0.2) is 29.2 Å². The molecule has 1 atom stereocenters. The van der Waals surface area contributed by atoms with Gasteiger partial charge in [-0.15, -0.1) is 11.3 Å². The lowest BCUT2D eigenvalue weighted by Crippen LogP contribution is -2.22. The highest BCUT2D eigenvalue weighted by atomic mass is 35.5. The molecule has 0 fully saturated rings. The van der Waals surface area contributed by atoms with E-state index in [0.29, 0.717) is 33.1 Å². The molecule has 2 heterocycles. The summed E-state index contributed by atoms with van der Waals surface area (Å²) in [5, 5.41) is 23.3. The predicted octanol–water partition coefficient (Wildman–Crippen LogP) is 4.96. The molecule has 4 rings (SSSR count). The molecule has 1 aromatic heterocycles. The molecule has 0 saturated carbocycles. The third kappa shape index (κ3) is 3.43. The number of halogens is 1. The molecule has 2 aromatic carbocycles. The van der Waals surface area contributed by atoms with Crippen LogP contribution in [0.2, 0.25) is 5.02 Å². The molecule has 1 aliphatic rings. The van der Waals surface area contributed by atoms with Crippen LogP contribution in [0.4, 0.5) is 5.69 Å². The number of aromatic hydroxyl groups is 1. The van der Waals surface area contributed by atoms with Crippen molar-refractivity contribution in [2.75, 3.05) is 12.4 Å².